The molecular formula is C18H24N4O4. The van der Waals surface area contributed by atoms with Gasteiger partial charge in [0.1, 0.15) is 5.84 Å². The second-order valence-corrected chi connectivity index (χ2v) is 6.34. The highest BCUT2D eigenvalue weighted by atomic mass is 16.4. The van der Waals surface area contributed by atoms with E-state index in [1.54, 1.807) is 29.2 Å². The number of carboxylic acid groups (broad SMARTS) is 1. The van der Waals surface area contributed by atoms with Crippen molar-refractivity contribution >= 4 is 29.3 Å². The van der Waals surface area contributed by atoms with E-state index in [-0.39, 0.29) is 36.4 Å². The largest absolute Gasteiger partial charge is 0.481 e. The number of benzene rings is 1. The molecule has 1 fully saturated rings. The number of amidine groups is 1. The molecule has 26 heavy (non-hydrogen) atoms. The smallest absolute Gasteiger partial charge is 0.303 e. The van der Waals surface area contributed by atoms with Gasteiger partial charge in [-0.3, -0.25) is 19.8 Å². The molecule has 0 unspecified atom stereocenters. The number of nitrogens with two attached hydrogens (primary N) is 1. The predicted octanol–water partition coefficient (Wildman–Crippen LogP) is 1.08. The van der Waals surface area contributed by atoms with Crippen molar-refractivity contribution in [2.45, 2.75) is 32.1 Å². The first-order chi connectivity index (χ1) is 12.4. The van der Waals surface area contributed by atoms with E-state index < -0.39 is 5.97 Å². The zero-order valence-corrected chi connectivity index (χ0v) is 14.5. The lowest BCUT2D eigenvalue weighted by molar-refractivity contribution is -0.137. The Hall–Kier alpha value is -2.90. The molecular weight excluding hydrogens is 336 g/mol. The van der Waals surface area contributed by atoms with Crippen LogP contribution in [0, 0.1) is 11.3 Å². The Balaban J connectivity index is 1.91. The Labute approximate surface area is 151 Å². The van der Waals surface area contributed by atoms with Gasteiger partial charge in [0, 0.05) is 43.1 Å². The fourth-order valence-electron chi connectivity index (χ4n) is 2.98. The fraction of sp³-hybridized carbons (Fsp3) is 0.444. The molecule has 1 saturated heterocycles. The highest BCUT2D eigenvalue weighted by Crippen LogP contribution is 2.26. The number of anilines is 1. The van der Waals surface area contributed by atoms with E-state index in [0.717, 1.165) is 12.1 Å². The maximum absolute atomic E-state index is 12.7. The Morgan fingerprint density at radius 1 is 1.31 bits per heavy atom. The minimum atomic E-state index is -0.895. The van der Waals surface area contributed by atoms with Crippen LogP contribution in [0.25, 0.3) is 0 Å². The number of carboxylic acids is 1. The molecule has 1 atom stereocenters. The van der Waals surface area contributed by atoms with Gasteiger partial charge in [-0.05, 0) is 43.5 Å². The van der Waals surface area contributed by atoms with Gasteiger partial charge in [-0.15, -0.1) is 0 Å². The third-order valence-corrected chi connectivity index (χ3v) is 4.36. The van der Waals surface area contributed by atoms with Gasteiger partial charge < -0.3 is 21.1 Å². The monoisotopic (exact) mass is 360 g/mol. The minimum absolute atomic E-state index is 0.00662. The molecule has 2 rings (SSSR count). The second-order valence-electron chi connectivity index (χ2n) is 6.34. The number of carbonyl (C=O) groups excluding carboxylic acids is 2. The van der Waals surface area contributed by atoms with E-state index in [9.17, 15) is 14.4 Å². The maximum Gasteiger partial charge on any atom is 0.303 e. The van der Waals surface area contributed by atoms with Gasteiger partial charge >= 0.3 is 5.97 Å². The Morgan fingerprint density at radius 2 is 2.00 bits per heavy atom. The number of nitrogen functional groups attached to an aromatic ring is 1. The van der Waals surface area contributed by atoms with E-state index in [1.165, 1.54) is 0 Å². The minimum Gasteiger partial charge on any atom is -0.481 e. The van der Waals surface area contributed by atoms with E-state index >= 15 is 0 Å². The Kier molecular flexibility index (Phi) is 6.71. The van der Waals surface area contributed by atoms with Crippen LogP contribution in [0.15, 0.2) is 24.3 Å². The molecule has 0 spiro atoms. The van der Waals surface area contributed by atoms with Crippen molar-refractivity contribution in [1.82, 2.24) is 5.32 Å². The van der Waals surface area contributed by atoms with Crippen molar-refractivity contribution in [2.75, 3.05) is 18.0 Å². The molecule has 0 saturated carbocycles. The van der Waals surface area contributed by atoms with Crippen LogP contribution in [-0.4, -0.2) is 41.8 Å². The van der Waals surface area contributed by atoms with Crippen molar-refractivity contribution in [3.63, 3.8) is 0 Å². The van der Waals surface area contributed by atoms with Gasteiger partial charge in [-0.25, -0.2) is 0 Å². The highest BCUT2D eigenvalue weighted by molar-refractivity contribution is 5.99. The summed E-state index contributed by atoms with van der Waals surface area (Å²) in [7, 11) is 0. The summed E-state index contributed by atoms with van der Waals surface area (Å²) in [6, 6.07) is 6.90. The molecule has 5 N–H and O–H groups in total. The molecule has 8 heteroatoms. The Bertz CT molecular complexity index is 687. The SMILES string of the molecule is N=C(N)c1ccc(N2CCC[C@@H](CC(=O)NCCCC(=O)O)C2=O)cc1. The zero-order chi connectivity index (χ0) is 19.1. The molecule has 140 valence electrons. The molecule has 1 aromatic rings. The van der Waals surface area contributed by atoms with E-state index in [0.29, 0.717) is 31.5 Å². The molecule has 1 aliphatic heterocycles. The number of amides is 2. The number of carbonyl (C=O) groups is 3. The summed E-state index contributed by atoms with van der Waals surface area (Å²) < 4.78 is 0. The molecule has 0 aliphatic carbocycles. The molecule has 1 heterocycles. The number of nitrogens with one attached hydrogen (secondary N) is 2. The normalized spacial score (nSPS) is 17.0. The topological polar surface area (TPSA) is 137 Å². The summed E-state index contributed by atoms with van der Waals surface area (Å²) in [5.74, 6) is -1.63. The predicted molar refractivity (Wildman–Crippen MR) is 97.0 cm³/mol. The summed E-state index contributed by atoms with van der Waals surface area (Å²) in [5.41, 5.74) is 6.76. The first-order valence-corrected chi connectivity index (χ1v) is 8.63. The molecule has 1 aromatic carbocycles. The number of hydrogen-bond donors (Lipinski definition) is 4. The van der Waals surface area contributed by atoms with Crippen LogP contribution < -0.4 is 16.0 Å². The highest BCUT2D eigenvalue weighted by Gasteiger charge is 2.31. The average molecular weight is 360 g/mol. The average Bonchev–Trinajstić information content (AvgIpc) is 2.60. The van der Waals surface area contributed by atoms with Crippen LogP contribution in [0.3, 0.4) is 0 Å². The standard InChI is InChI=1S/C18H24N4O4/c19-17(20)12-5-7-14(8-6-12)22-10-2-3-13(18(22)26)11-15(23)21-9-1-4-16(24)25/h5-8,13H,1-4,9-11H2,(H3,19,20)(H,21,23)(H,24,25)/t13-/m0/s1. The number of rotatable bonds is 8. The molecule has 0 aromatic heterocycles. The van der Waals surface area contributed by atoms with Gasteiger partial charge in [0.2, 0.25) is 11.8 Å². The summed E-state index contributed by atoms with van der Waals surface area (Å²) in [4.78, 5) is 36.8. The van der Waals surface area contributed by atoms with Crippen LogP contribution in [0.4, 0.5) is 5.69 Å². The van der Waals surface area contributed by atoms with Crippen molar-refractivity contribution < 1.29 is 19.5 Å². The fourth-order valence-corrected chi connectivity index (χ4v) is 2.98. The van der Waals surface area contributed by atoms with Crippen molar-refractivity contribution in [3.05, 3.63) is 29.8 Å². The van der Waals surface area contributed by atoms with Gasteiger partial charge in [-0.2, -0.15) is 0 Å². The molecule has 0 radical (unpaired) electrons. The summed E-state index contributed by atoms with van der Waals surface area (Å²) in [5, 5.41) is 18.7. The Morgan fingerprint density at radius 3 is 2.62 bits per heavy atom. The van der Waals surface area contributed by atoms with Gasteiger partial charge in [0.15, 0.2) is 0 Å². The van der Waals surface area contributed by atoms with Crippen molar-refractivity contribution in [3.8, 4) is 0 Å². The van der Waals surface area contributed by atoms with Crippen LogP contribution in [0.1, 0.15) is 37.7 Å². The number of piperidine rings is 1. The molecule has 8 nitrogen and oxygen atoms in total. The van der Waals surface area contributed by atoms with Crippen LogP contribution in [0.2, 0.25) is 0 Å². The molecule has 2 amide bonds. The number of hydrogen-bond acceptors (Lipinski definition) is 4. The lowest BCUT2D eigenvalue weighted by atomic mass is 9.93. The van der Waals surface area contributed by atoms with E-state index in [1.807, 2.05) is 0 Å². The van der Waals surface area contributed by atoms with Crippen LogP contribution in [0.5, 0.6) is 0 Å². The maximum atomic E-state index is 12.7. The van der Waals surface area contributed by atoms with Crippen molar-refractivity contribution in [1.29, 1.82) is 5.41 Å². The summed E-state index contributed by atoms with van der Waals surface area (Å²) >= 11 is 0. The number of aliphatic carboxylic acids is 1. The third kappa shape index (κ3) is 5.30. The van der Waals surface area contributed by atoms with Gasteiger partial charge in [-0.1, -0.05) is 0 Å². The second kappa shape index (κ2) is 8.98. The first-order valence-electron chi connectivity index (χ1n) is 8.63. The number of nitrogens with zero attached hydrogens (tertiary/aromatic N) is 1. The van der Waals surface area contributed by atoms with E-state index in [4.69, 9.17) is 16.2 Å². The van der Waals surface area contributed by atoms with E-state index in [2.05, 4.69) is 5.32 Å². The zero-order valence-electron chi connectivity index (χ0n) is 14.5. The molecule has 1 aliphatic rings. The lowest BCUT2D eigenvalue weighted by Crippen LogP contribution is -2.43. The van der Waals surface area contributed by atoms with Gasteiger partial charge in [0.05, 0.1) is 0 Å². The van der Waals surface area contributed by atoms with Crippen LogP contribution in [-0.2, 0) is 14.4 Å². The quantitative estimate of drug-likeness (QED) is 0.312. The summed E-state index contributed by atoms with van der Waals surface area (Å²) in [6.45, 7) is 0.886. The third-order valence-electron chi connectivity index (χ3n) is 4.36. The summed E-state index contributed by atoms with van der Waals surface area (Å²) in [6.07, 6.45) is 1.94. The first kappa shape index (κ1) is 19.4. The van der Waals surface area contributed by atoms with Crippen molar-refractivity contribution in [2.24, 2.45) is 11.7 Å². The molecule has 0 bridgehead atoms. The van der Waals surface area contributed by atoms with Crippen LogP contribution >= 0.6 is 0 Å². The van der Waals surface area contributed by atoms with Gasteiger partial charge in [0.25, 0.3) is 0 Å². The lowest BCUT2D eigenvalue weighted by Gasteiger charge is -2.32.